The molecule has 4 nitrogen and oxygen atoms in total. The third-order valence-corrected chi connectivity index (χ3v) is 2.59. The standard InChI is InChI=1S/C15H13FN2O2/c1-20-13-5-3-12(4-6-13)17-9-8-14(19)11-2-7-15(16)18-10-11/h2-10,17H,1H3/b9-8+/i16-1. The van der Waals surface area contributed by atoms with Gasteiger partial charge in [-0.2, -0.15) is 4.39 Å². The van der Waals surface area contributed by atoms with Crippen LogP contribution >= 0.6 is 0 Å². The zero-order valence-corrected chi connectivity index (χ0v) is 10.8. The van der Waals surface area contributed by atoms with Crippen molar-refractivity contribution in [2.24, 2.45) is 0 Å². The summed E-state index contributed by atoms with van der Waals surface area (Å²) >= 11 is 0. The number of ketones is 1. The summed E-state index contributed by atoms with van der Waals surface area (Å²) in [5.74, 6) is -0.103. The quantitative estimate of drug-likeness (QED) is 0.516. The van der Waals surface area contributed by atoms with E-state index in [0.29, 0.717) is 5.56 Å². The molecule has 0 unspecified atom stereocenters. The summed E-state index contributed by atoms with van der Waals surface area (Å²) in [7, 11) is 1.59. The largest absolute Gasteiger partial charge is 0.497 e. The molecular weight excluding hydrogens is 258 g/mol. The van der Waals surface area contributed by atoms with Crippen LogP contribution < -0.4 is 10.1 Å². The molecule has 0 spiro atoms. The normalized spacial score (nSPS) is 10.5. The van der Waals surface area contributed by atoms with E-state index in [-0.39, 0.29) is 5.78 Å². The maximum Gasteiger partial charge on any atom is 0.212 e. The zero-order chi connectivity index (χ0) is 14.4. The minimum Gasteiger partial charge on any atom is -0.497 e. The number of carbonyl (C=O) groups is 1. The average Bonchev–Trinajstić information content (AvgIpc) is 2.48. The lowest BCUT2D eigenvalue weighted by Gasteiger charge is -2.02. The molecule has 1 aromatic carbocycles. The summed E-state index contributed by atoms with van der Waals surface area (Å²) in [6.07, 6.45) is 4.09. The van der Waals surface area contributed by atoms with Crippen molar-refractivity contribution in [3.63, 3.8) is 0 Å². The second-order valence-corrected chi connectivity index (χ2v) is 3.94. The second kappa shape index (κ2) is 6.47. The van der Waals surface area contributed by atoms with E-state index in [0.717, 1.165) is 17.5 Å². The molecule has 0 aliphatic carbocycles. The highest BCUT2D eigenvalue weighted by Crippen LogP contribution is 2.14. The fraction of sp³-hybridized carbons (Fsp3) is 0.0667. The number of nitrogens with one attached hydrogen (secondary N) is 1. The number of nitrogens with zero attached hydrogens (tertiary/aromatic N) is 1. The Hall–Kier alpha value is -2.69. The topological polar surface area (TPSA) is 51.2 Å². The van der Waals surface area contributed by atoms with Crippen LogP contribution in [-0.2, 0) is 0 Å². The molecule has 1 N–H and O–H groups in total. The van der Waals surface area contributed by atoms with Gasteiger partial charge in [-0.1, -0.05) is 0 Å². The van der Waals surface area contributed by atoms with Gasteiger partial charge in [0.05, 0.1) is 7.11 Å². The number of aromatic nitrogens is 1. The van der Waals surface area contributed by atoms with Crippen molar-refractivity contribution >= 4 is 11.5 Å². The van der Waals surface area contributed by atoms with Crippen LogP contribution in [-0.4, -0.2) is 17.9 Å². The molecule has 0 atom stereocenters. The number of methoxy groups -OCH3 is 1. The highest BCUT2D eigenvalue weighted by molar-refractivity contribution is 6.04. The van der Waals surface area contributed by atoms with Crippen molar-refractivity contribution in [3.8, 4) is 5.75 Å². The summed E-state index contributed by atoms with van der Waals surface area (Å²) in [5.41, 5.74) is 1.16. The number of carbonyl (C=O) groups excluding carboxylic acids is 1. The van der Waals surface area contributed by atoms with Crippen molar-refractivity contribution in [1.29, 1.82) is 0 Å². The average molecular weight is 271 g/mol. The lowest BCUT2D eigenvalue weighted by Crippen LogP contribution is -1.97. The fourth-order valence-corrected chi connectivity index (χ4v) is 1.52. The number of hydrogen-bond donors (Lipinski definition) is 1. The first-order valence-corrected chi connectivity index (χ1v) is 5.92. The van der Waals surface area contributed by atoms with Crippen molar-refractivity contribution in [3.05, 3.63) is 66.4 Å². The summed E-state index contributed by atoms with van der Waals surface area (Å²) in [5, 5.41) is 2.96. The highest BCUT2D eigenvalue weighted by Gasteiger charge is 2.02. The first-order chi connectivity index (χ1) is 9.69. The summed E-state index contributed by atoms with van der Waals surface area (Å²) < 4.78 is 17.7. The van der Waals surface area contributed by atoms with Gasteiger partial charge in [0.25, 0.3) is 0 Å². The van der Waals surface area contributed by atoms with Gasteiger partial charge in [-0.3, -0.25) is 4.79 Å². The van der Waals surface area contributed by atoms with E-state index in [2.05, 4.69) is 10.3 Å². The second-order valence-electron chi connectivity index (χ2n) is 3.94. The van der Waals surface area contributed by atoms with Crippen LogP contribution in [0, 0.1) is 5.95 Å². The Morgan fingerprint density at radius 3 is 2.60 bits per heavy atom. The first-order valence-electron chi connectivity index (χ1n) is 5.92. The number of anilines is 1. The number of halogens is 1. The van der Waals surface area contributed by atoms with Crippen LogP contribution in [0.4, 0.5) is 10.1 Å². The molecular formula is C15H13FN2O2. The Morgan fingerprint density at radius 2 is 2.00 bits per heavy atom. The predicted octanol–water partition coefficient (Wildman–Crippen LogP) is 3.04. The van der Waals surface area contributed by atoms with Crippen molar-refractivity contribution in [2.45, 2.75) is 0 Å². The van der Waals surface area contributed by atoms with Gasteiger partial charge in [0, 0.05) is 29.7 Å². The third kappa shape index (κ3) is 3.65. The van der Waals surface area contributed by atoms with Crippen LogP contribution in [0.1, 0.15) is 10.4 Å². The smallest absolute Gasteiger partial charge is 0.212 e. The Morgan fingerprint density at radius 1 is 1.25 bits per heavy atom. The Kier molecular flexibility index (Phi) is 4.44. The van der Waals surface area contributed by atoms with Crippen LogP contribution in [0.5, 0.6) is 5.75 Å². The summed E-state index contributed by atoms with van der Waals surface area (Å²) in [6.45, 7) is 0. The van der Waals surface area contributed by atoms with Gasteiger partial charge < -0.3 is 10.1 Å². The molecule has 102 valence electrons. The van der Waals surface area contributed by atoms with Gasteiger partial charge in [-0.05, 0) is 36.4 Å². The molecule has 0 amide bonds. The maximum absolute atomic E-state index is 12.6. The molecule has 1 aromatic heterocycles. The molecule has 2 aromatic rings. The summed E-state index contributed by atoms with van der Waals surface area (Å²) in [4.78, 5) is 15.2. The fourth-order valence-electron chi connectivity index (χ4n) is 1.52. The van der Waals surface area contributed by atoms with E-state index in [1.165, 1.54) is 24.5 Å². The lowest BCUT2D eigenvalue weighted by atomic mass is 10.2. The molecule has 0 aliphatic rings. The van der Waals surface area contributed by atoms with Crippen LogP contribution in [0.15, 0.2) is 54.9 Å². The predicted molar refractivity (Wildman–Crippen MR) is 74.3 cm³/mol. The number of rotatable bonds is 5. The lowest BCUT2D eigenvalue weighted by molar-refractivity contribution is 0.104. The molecule has 5 heteroatoms. The molecule has 0 radical (unpaired) electrons. The molecule has 0 saturated carbocycles. The number of benzene rings is 1. The van der Waals surface area contributed by atoms with E-state index in [9.17, 15) is 9.18 Å². The number of pyridine rings is 1. The monoisotopic (exact) mass is 271 g/mol. The van der Waals surface area contributed by atoms with Crippen molar-refractivity contribution < 1.29 is 13.9 Å². The van der Waals surface area contributed by atoms with Crippen LogP contribution in [0.2, 0.25) is 0 Å². The van der Waals surface area contributed by atoms with Gasteiger partial charge in [-0.25, -0.2) is 4.98 Å². The maximum atomic E-state index is 12.6. The molecule has 0 aliphatic heterocycles. The molecule has 0 fully saturated rings. The van der Waals surface area contributed by atoms with Crippen molar-refractivity contribution in [2.75, 3.05) is 12.4 Å². The van der Waals surface area contributed by atoms with E-state index in [1.54, 1.807) is 7.11 Å². The van der Waals surface area contributed by atoms with Crippen molar-refractivity contribution in [1.82, 2.24) is 4.98 Å². The van der Waals surface area contributed by atoms with Gasteiger partial charge in [0.1, 0.15) is 5.75 Å². The van der Waals surface area contributed by atoms with E-state index in [1.807, 2.05) is 24.3 Å². The van der Waals surface area contributed by atoms with E-state index >= 15 is 0 Å². The Balaban J connectivity index is 1.95. The molecule has 20 heavy (non-hydrogen) atoms. The Labute approximate surface area is 115 Å². The summed E-state index contributed by atoms with van der Waals surface area (Å²) in [6, 6.07) is 9.81. The van der Waals surface area contributed by atoms with Crippen LogP contribution in [0.3, 0.4) is 0 Å². The Bertz CT molecular complexity index is 607. The van der Waals surface area contributed by atoms with E-state index < -0.39 is 5.95 Å². The minimum atomic E-state index is -0.609. The number of hydrogen-bond acceptors (Lipinski definition) is 4. The van der Waals surface area contributed by atoms with Gasteiger partial charge >= 0.3 is 0 Å². The molecule has 0 saturated heterocycles. The van der Waals surface area contributed by atoms with Gasteiger partial charge in [0.2, 0.25) is 5.95 Å². The molecule has 1 heterocycles. The third-order valence-electron chi connectivity index (χ3n) is 2.59. The van der Waals surface area contributed by atoms with Gasteiger partial charge in [0.15, 0.2) is 5.78 Å². The van der Waals surface area contributed by atoms with Crippen LogP contribution in [0.25, 0.3) is 0 Å². The zero-order valence-electron chi connectivity index (χ0n) is 10.8. The number of ether oxygens (including phenoxy) is 1. The van der Waals surface area contributed by atoms with Gasteiger partial charge in [-0.15, -0.1) is 0 Å². The molecule has 0 bridgehead atoms. The SMILES string of the molecule is COc1ccc(N/C=C/C(=O)c2ccc([18F])nc2)cc1. The van der Waals surface area contributed by atoms with E-state index in [4.69, 9.17) is 4.74 Å². The highest BCUT2D eigenvalue weighted by atomic mass is 18.2. The molecule has 2 rings (SSSR count). The number of allylic oxidation sites excluding steroid dienone is 1. The minimum absolute atomic E-state index is 0.251. The first kappa shape index (κ1) is 13.7.